The highest BCUT2D eigenvalue weighted by molar-refractivity contribution is 5.77. The fraction of sp³-hybridized carbons (Fsp3) is 0.731. The highest BCUT2D eigenvalue weighted by atomic mass is 16.5. The second-order valence-electron chi connectivity index (χ2n) is 11.5. The third-order valence-electron chi connectivity index (χ3n) is 9.56. The van der Waals surface area contributed by atoms with Crippen LogP contribution in [0.2, 0.25) is 0 Å². The summed E-state index contributed by atoms with van der Waals surface area (Å²) >= 11 is 0. The SMILES string of the molecule is CC(=O)CC1OCc2cc(O)c3c(c21)OC1(C3)C(C)CCC2C(C)(C)C(O)CCC21C. The Hall–Kier alpha value is -1.59. The predicted octanol–water partition coefficient (Wildman–Crippen LogP) is 4.85. The fourth-order valence-electron chi connectivity index (χ4n) is 7.73. The van der Waals surface area contributed by atoms with Gasteiger partial charge in [0.15, 0.2) is 0 Å². The lowest BCUT2D eigenvalue weighted by molar-refractivity contribution is -0.210. The van der Waals surface area contributed by atoms with Crippen molar-refractivity contribution < 1.29 is 24.5 Å². The van der Waals surface area contributed by atoms with Gasteiger partial charge >= 0.3 is 0 Å². The lowest BCUT2D eigenvalue weighted by Crippen LogP contribution is -2.66. The molecule has 0 radical (unpaired) electrons. The molecular weight excluding hydrogens is 392 g/mol. The van der Waals surface area contributed by atoms with Gasteiger partial charge in [0.05, 0.1) is 18.8 Å². The van der Waals surface area contributed by atoms with Gasteiger partial charge in [-0.2, -0.15) is 0 Å². The minimum absolute atomic E-state index is 0.0912. The Kier molecular flexibility index (Phi) is 4.60. The molecule has 5 nitrogen and oxygen atoms in total. The summed E-state index contributed by atoms with van der Waals surface area (Å²) in [5, 5.41) is 21.8. The Morgan fingerprint density at radius 2 is 1.97 bits per heavy atom. The third kappa shape index (κ3) is 2.72. The first-order valence-corrected chi connectivity index (χ1v) is 11.9. The maximum absolute atomic E-state index is 11.9. The van der Waals surface area contributed by atoms with Gasteiger partial charge in [0.2, 0.25) is 0 Å². The average molecular weight is 429 g/mol. The molecule has 0 bridgehead atoms. The number of benzene rings is 1. The Morgan fingerprint density at radius 3 is 2.68 bits per heavy atom. The lowest BCUT2D eigenvalue weighted by Gasteiger charge is -2.64. The molecule has 2 heterocycles. The summed E-state index contributed by atoms with van der Waals surface area (Å²) in [7, 11) is 0. The van der Waals surface area contributed by atoms with Gasteiger partial charge in [-0.15, -0.1) is 0 Å². The van der Waals surface area contributed by atoms with E-state index in [1.54, 1.807) is 6.92 Å². The van der Waals surface area contributed by atoms with Crippen LogP contribution in [0.25, 0.3) is 0 Å². The van der Waals surface area contributed by atoms with Crippen LogP contribution in [-0.2, 0) is 22.6 Å². The van der Waals surface area contributed by atoms with Crippen LogP contribution in [-0.4, -0.2) is 27.7 Å². The molecule has 1 aromatic rings. The van der Waals surface area contributed by atoms with Gasteiger partial charge in [0.25, 0.3) is 0 Å². The molecule has 5 rings (SSSR count). The molecule has 2 aliphatic heterocycles. The van der Waals surface area contributed by atoms with Crippen LogP contribution in [0, 0.1) is 22.7 Å². The first-order valence-electron chi connectivity index (χ1n) is 11.9. The minimum Gasteiger partial charge on any atom is -0.508 e. The largest absolute Gasteiger partial charge is 0.508 e. The summed E-state index contributed by atoms with van der Waals surface area (Å²) < 4.78 is 13.0. The van der Waals surface area contributed by atoms with E-state index in [9.17, 15) is 15.0 Å². The van der Waals surface area contributed by atoms with Gasteiger partial charge < -0.3 is 19.7 Å². The quantitative estimate of drug-likeness (QED) is 0.704. The van der Waals surface area contributed by atoms with Crippen LogP contribution in [0.4, 0.5) is 0 Å². The lowest BCUT2D eigenvalue weighted by atomic mass is 9.43. The molecule has 31 heavy (non-hydrogen) atoms. The Bertz CT molecular complexity index is 936. The van der Waals surface area contributed by atoms with Crippen LogP contribution >= 0.6 is 0 Å². The molecule has 0 amide bonds. The van der Waals surface area contributed by atoms with E-state index in [0.29, 0.717) is 31.3 Å². The molecule has 170 valence electrons. The van der Waals surface area contributed by atoms with Crippen LogP contribution < -0.4 is 4.74 Å². The molecule has 2 fully saturated rings. The number of aliphatic hydroxyl groups is 1. The number of phenols is 1. The van der Waals surface area contributed by atoms with Gasteiger partial charge in [-0.3, -0.25) is 4.79 Å². The van der Waals surface area contributed by atoms with Gasteiger partial charge in [-0.25, -0.2) is 0 Å². The molecule has 6 atom stereocenters. The van der Waals surface area contributed by atoms with E-state index in [1.807, 2.05) is 6.07 Å². The van der Waals surface area contributed by atoms with E-state index < -0.39 is 5.60 Å². The van der Waals surface area contributed by atoms with Crippen molar-refractivity contribution in [3.63, 3.8) is 0 Å². The number of aliphatic hydroxyl groups excluding tert-OH is 1. The van der Waals surface area contributed by atoms with E-state index in [0.717, 1.165) is 48.1 Å². The number of hydrogen-bond acceptors (Lipinski definition) is 5. The zero-order valence-corrected chi connectivity index (χ0v) is 19.5. The third-order valence-corrected chi connectivity index (χ3v) is 9.56. The number of ether oxygens (including phenoxy) is 2. The minimum atomic E-state index is -0.425. The number of fused-ring (bicyclic) bond motifs is 5. The number of Topliss-reactive ketones (excluding diaryl/α,β-unsaturated/α-hetero) is 1. The number of carbonyl (C=O) groups excluding carboxylic acids is 1. The van der Waals surface area contributed by atoms with Gasteiger partial charge in [0.1, 0.15) is 22.9 Å². The molecule has 2 N–H and O–H groups in total. The van der Waals surface area contributed by atoms with Crippen molar-refractivity contribution >= 4 is 5.78 Å². The van der Waals surface area contributed by atoms with Crippen molar-refractivity contribution in [2.75, 3.05) is 0 Å². The van der Waals surface area contributed by atoms with Crippen molar-refractivity contribution in [1.29, 1.82) is 0 Å². The Labute approximate surface area is 185 Å². The number of ketones is 1. The molecular formula is C26H36O5. The van der Waals surface area contributed by atoms with Crippen LogP contribution in [0.3, 0.4) is 0 Å². The first-order chi connectivity index (χ1) is 14.5. The zero-order chi connectivity index (χ0) is 22.3. The monoisotopic (exact) mass is 428 g/mol. The van der Waals surface area contributed by atoms with Crippen molar-refractivity contribution in [2.24, 2.45) is 22.7 Å². The van der Waals surface area contributed by atoms with Gasteiger partial charge in [-0.05, 0) is 61.5 Å². The molecule has 2 saturated carbocycles. The highest BCUT2D eigenvalue weighted by Crippen LogP contribution is 2.67. The highest BCUT2D eigenvalue weighted by Gasteiger charge is 2.67. The van der Waals surface area contributed by atoms with Crippen LogP contribution in [0.15, 0.2) is 6.07 Å². The molecule has 5 heteroatoms. The van der Waals surface area contributed by atoms with E-state index in [2.05, 4.69) is 27.7 Å². The summed E-state index contributed by atoms with van der Waals surface area (Å²) in [4.78, 5) is 11.9. The van der Waals surface area contributed by atoms with Crippen molar-refractivity contribution in [3.05, 3.63) is 22.8 Å². The van der Waals surface area contributed by atoms with E-state index in [1.165, 1.54) is 0 Å². The normalized spacial score (nSPS) is 40.2. The van der Waals surface area contributed by atoms with Crippen molar-refractivity contribution in [3.8, 4) is 11.5 Å². The Balaban J connectivity index is 1.62. The Morgan fingerprint density at radius 1 is 1.23 bits per heavy atom. The second kappa shape index (κ2) is 6.71. The number of carbonyl (C=O) groups is 1. The van der Waals surface area contributed by atoms with Gasteiger partial charge in [-0.1, -0.05) is 27.7 Å². The van der Waals surface area contributed by atoms with Crippen LogP contribution in [0.5, 0.6) is 11.5 Å². The van der Waals surface area contributed by atoms with E-state index in [-0.39, 0.29) is 34.6 Å². The maximum Gasteiger partial charge on any atom is 0.133 e. The summed E-state index contributed by atoms with van der Waals surface area (Å²) in [6.07, 6.45) is 4.22. The zero-order valence-electron chi connectivity index (χ0n) is 19.5. The molecule has 2 aliphatic carbocycles. The molecule has 0 aromatic heterocycles. The summed E-state index contributed by atoms with van der Waals surface area (Å²) in [6.45, 7) is 11.0. The first kappa shape index (κ1) is 21.3. The predicted molar refractivity (Wildman–Crippen MR) is 117 cm³/mol. The summed E-state index contributed by atoms with van der Waals surface area (Å²) in [6, 6.07) is 1.82. The smallest absolute Gasteiger partial charge is 0.133 e. The van der Waals surface area contributed by atoms with Crippen molar-refractivity contribution in [1.82, 2.24) is 0 Å². The summed E-state index contributed by atoms with van der Waals surface area (Å²) in [5.74, 6) is 1.81. The molecule has 0 saturated heterocycles. The van der Waals surface area contributed by atoms with E-state index >= 15 is 0 Å². The topological polar surface area (TPSA) is 76.0 Å². The average Bonchev–Trinajstić information content (AvgIpc) is 3.26. The van der Waals surface area contributed by atoms with Gasteiger partial charge in [0, 0.05) is 29.4 Å². The standard InChI is InChI=1S/C26H36O5/c1-14-6-7-20-24(3,4)21(29)8-9-25(20,5)26(14)12-17-18(28)11-16-13-30-19(10-15(2)27)22(16)23(17)31-26/h11,14,19-21,28-29H,6-10,12-13H2,1-5H3. The van der Waals surface area contributed by atoms with Crippen molar-refractivity contribution in [2.45, 2.75) is 97.6 Å². The molecule has 1 aromatic carbocycles. The maximum atomic E-state index is 11.9. The fourth-order valence-corrected chi connectivity index (χ4v) is 7.73. The van der Waals surface area contributed by atoms with E-state index in [4.69, 9.17) is 9.47 Å². The number of hydrogen-bond donors (Lipinski definition) is 2. The molecule has 1 spiro atoms. The van der Waals surface area contributed by atoms with Crippen LogP contribution in [0.1, 0.15) is 89.5 Å². The second-order valence-corrected chi connectivity index (χ2v) is 11.5. The molecule has 6 unspecified atom stereocenters. The number of phenolic OH excluding ortho intramolecular Hbond substituents is 1. The summed E-state index contributed by atoms with van der Waals surface area (Å²) in [5.41, 5.74) is 2.06. The molecule has 4 aliphatic rings. The number of aromatic hydroxyl groups is 1. The number of rotatable bonds is 2.